The topological polar surface area (TPSA) is 3.24 Å². The number of benzene rings is 10. The summed E-state index contributed by atoms with van der Waals surface area (Å²) in [6.07, 6.45) is 2.12. The zero-order valence-electron chi connectivity index (χ0n) is 35.6. The standard InChI is InChI=1S/C62H45N/c1-61(2)55-29-11-6-21-48(55)52-26-16-27-53(60(52)61)51-23-9-14-32-59(51)63(58-31-13-8-22-50(58)45-25-15-24-44-43-19-5-3-17-40(43)33-35-46(44)45)42-34-36-49-47-20-7-12-30-56(47)62(57(49)39-42)38-37-41-18-4-10-28-54(41)62/h3-36,39H,37-38H2,1-2H3. The van der Waals surface area contributed by atoms with Gasteiger partial charge in [-0.1, -0.05) is 202 Å². The van der Waals surface area contributed by atoms with Crippen LogP contribution in [0.5, 0.6) is 0 Å². The monoisotopic (exact) mass is 803 g/mol. The first-order chi connectivity index (χ1) is 31.0. The lowest BCUT2D eigenvalue weighted by atomic mass is 9.73. The second-order valence-corrected chi connectivity index (χ2v) is 18.3. The second kappa shape index (κ2) is 13.5. The third-order valence-corrected chi connectivity index (χ3v) is 14.9. The highest BCUT2D eigenvalue weighted by Crippen LogP contribution is 2.60. The molecule has 0 heterocycles. The molecular formula is C62H45N. The van der Waals surface area contributed by atoms with Crippen molar-refractivity contribution in [2.24, 2.45) is 0 Å². The van der Waals surface area contributed by atoms with Crippen molar-refractivity contribution in [3.8, 4) is 44.5 Å². The fourth-order valence-corrected chi connectivity index (χ4v) is 12.2. The van der Waals surface area contributed by atoms with Crippen LogP contribution >= 0.6 is 0 Å². The number of anilines is 3. The summed E-state index contributed by atoms with van der Waals surface area (Å²) in [5.74, 6) is 0. The van der Waals surface area contributed by atoms with Gasteiger partial charge in [-0.15, -0.1) is 0 Å². The molecule has 1 spiro atoms. The van der Waals surface area contributed by atoms with Crippen LogP contribution in [0.15, 0.2) is 212 Å². The lowest BCUT2D eigenvalue weighted by Crippen LogP contribution is -2.24. The highest BCUT2D eigenvalue weighted by Gasteiger charge is 2.48. The van der Waals surface area contributed by atoms with Crippen molar-refractivity contribution >= 4 is 38.6 Å². The predicted molar refractivity (Wildman–Crippen MR) is 265 cm³/mol. The first-order valence-electron chi connectivity index (χ1n) is 22.5. The lowest BCUT2D eigenvalue weighted by Gasteiger charge is -2.33. The van der Waals surface area contributed by atoms with Crippen LogP contribution in [0.4, 0.5) is 17.1 Å². The molecule has 13 rings (SSSR count). The van der Waals surface area contributed by atoms with Gasteiger partial charge in [-0.25, -0.2) is 0 Å². The van der Waals surface area contributed by atoms with Gasteiger partial charge in [0.1, 0.15) is 0 Å². The lowest BCUT2D eigenvalue weighted by molar-refractivity contribution is 0.626. The molecule has 0 N–H and O–H groups in total. The molecule has 1 atom stereocenters. The van der Waals surface area contributed by atoms with Crippen LogP contribution in [0.3, 0.4) is 0 Å². The van der Waals surface area contributed by atoms with E-state index in [-0.39, 0.29) is 10.8 Å². The molecule has 3 aliphatic carbocycles. The number of fused-ring (bicyclic) bond motifs is 13. The average molecular weight is 804 g/mol. The number of hydrogen-bond donors (Lipinski definition) is 0. The highest BCUT2D eigenvalue weighted by molar-refractivity contribution is 6.13. The molecule has 0 fully saturated rings. The minimum atomic E-state index is -0.212. The average Bonchev–Trinajstić information content (AvgIpc) is 3.95. The zero-order valence-corrected chi connectivity index (χ0v) is 35.6. The van der Waals surface area contributed by atoms with E-state index in [1.807, 2.05) is 0 Å². The van der Waals surface area contributed by atoms with Crippen LogP contribution in [0, 0.1) is 0 Å². The third kappa shape index (κ3) is 5.05. The summed E-state index contributed by atoms with van der Waals surface area (Å²) in [5.41, 5.74) is 21.9. The van der Waals surface area contributed by atoms with E-state index in [2.05, 4.69) is 231 Å². The van der Waals surface area contributed by atoms with Gasteiger partial charge in [0.25, 0.3) is 0 Å². The van der Waals surface area contributed by atoms with Crippen molar-refractivity contribution in [1.29, 1.82) is 0 Å². The van der Waals surface area contributed by atoms with Crippen LogP contribution in [0.1, 0.15) is 53.6 Å². The van der Waals surface area contributed by atoms with Gasteiger partial charge in [-0.2, -0.15) is 0 Å². The Labute approximate surface area is 369 Å². The Balaban J connectivity index is 1.09. The highest BCUT2D eigenvalue weighted by atomic mass is 15.1. The van der Waals surface area contributed by atoms with Gasteiger partial charge in [-0.3, -0.25) is 0 Å². The molecule has 10 aromatic carbocycles. The molecule has 63 heavy (non-hydrogen) atoms. The summed E-state index contributed by atoms with van der Waals surface area (Å²) < 4.78 is 0. The predicted octanol–water partition coefficient (Wildman–Crippen LogP) is 16.4. The molecule has 1 unspecified atom stereocenters. The van der Waals surface area contributed by atoms with Gasteiger partial charge >= 0.3 is 0 Å². The van der Waals surface area contributed by atoms with Crippen molar-refractivity contribution in [2.45, 2.75) is 37.5 Å². The molecule has 0 aromatic heterocycles. The third-order valence-electron chi connectivity index (χ3n) is 14.9. The number of aryl methyl sites for hydroxylation is 1. The van der Waals surface area contributed by atoms with E-state index >= 15 is 0 Å². The van der Waals surface area contributed by atoms with E-state index in [1.165, 1.54) is 99.4 Å². The van der Waals surface area contributed by atoms with Crippen molar-refractivity contribution < 1.29 is 0 Å². The van der Waals surface area contributed by atoms with Gasteiger partial charge in [0.15, 0.2) is 0 Å². The largest absolute Gasteiger partial charge is 0.309 e. The first-order valence-corrected chi connectivity index (χ1v) is 22.5. The van der Waals surface area contributed by atoms with Gasteiger partial charge in [0.2, 0.25) is 0 Å². The molecular weight excluding hydrogens is 759 g/mol. The van der Waals surface area contributed by atoms with Crippen molar-refractivity contribution in [1.82, 2.24) is 0 Å². The van der Waals surface area contributed by atoms with E-state index in [1.54, 1.807) is 0 Å². The quantitative estimate of drug-likeness (QED) is 0.157. The Kier molecular flexibility index (Phi) is 7.76. The number of para-hydroxylation sites is 2. The maximum atomic E-state index is 2.58. The van der Waals surface area contributed by atoms with E-state index < -0.39 is 0 Å². The minimum absolute atomic E-state index is 0.175. The summed E-state index contributed by atoms with van der Waals surface area (Å²) in [6, 6.07) is 80.1. The fourth-order valence-electron chi connectivity index (χ4n) is 12.2. The van der Waals surface area contributed by atoms with Crippen LogP contribution in [-0.2, 0) is 17.3 Å². The molecule has 0 bridgehead atoms. The van der Waals surface area contributed by atoms with Gasteiger partial charge in [-0.05, 0) is 125 Å². The summed E-state index contributed by atoms with van der Waals surface area (Å²) in [7, 11) is 0. The SMILES string of the molecule is CC1(C)c2ccccc2-c2cccc(-c3ccccc3N(c3ccc4c(c3)C3(CCc5ccccc53)c3ccccc3-4)c3ccccc3-c3cccc4c3ccc3ccccc34)c21. The zero-order chi connectivity index (χ0) is 41.9. The summed E-state index contributed by atoms with van der Waals surface area (Å²) >= 11 is 0. The normalized spacial score (nSPS) is 16.2. The maximum absolute atomic E-state index is 2.58. The Morgan fingerprint density at radius 2 is 0.905 bits per heavy atom. The molecule has 1 heteroatoms. The Morgan fingerprint density at radius 1 is 0.365 bits per heavy atom. The van der Waals surface area contributed by atoms with Crippen molar-refractivity contribution in [2.75, 3.05) is 4.90 Å². The van der Waals surface area contributed by atoms with Crippen LogP contribution in [-0.4, -0.2) is 0 Å². The molecule has 298 valence electrons. The number of rotatable bonds is 5. The molecule has 1 nitrogen and oxygen atoms in total. The van der Waals surface area contributed by atoms with E-state index in [0.717, 1.165) is 29.9 Å². The van der Waals surface area contributed by atoms with E-state index in [4.69, 9.17) is 0 Å². The van der Waals surface area contributed by atoms with Gasteiger partial charge < -0.3 is 4.90 Å². The number of hydrogen-bond acceptors (Lipinski definition) is 1. The van der Waals surface area contributed by atoms with E-state index in [9.17, 15) is 0 Å². The van der Waals surface area contributed by atoms with Crippen LogP contribution in [0.25, 0.3) is 66.1 Å². The summed E-state index contributed by atoms with van der Waals surface area (Å²) in [4.78, 5) is 2.58. The molecule has 3 aliphatic rings. The molecule has 10 aromatic rings. The van der Waals surface area contributed by atoms with Crippen LogP contribution < -0.4 is 4.90 Å². The summed E-state index contributed by atoms with van der Waals surface area (Å²) in [6.45, 7) is 4.80. The number of nitrogens with zero attached hydrogens (tertiary/aromatic N) is 1. The maximum Gasteiger partial charge on any atom is 0.0540 e. The molecule has 0 aliphatic heterocycles. The second-order valence-electron chi connectivity index (χ2n) is 18.3. The Bertz CT molecular complexity index is 3510. The van der Waals surface area contributed by atoms with Crippen LogP contribution in [0.2, 0.25) is 0 Å². The molecule has 0 saturated heterocycles. The molecule has 0 amide bonds. The smallest absolute Gasteiger partial charge is 0.0540 e. The van der Waals surface area contributed by atoms with Gasteiger partial charge in [0, 0.05) is 27.6 Å². The Morgan fingerprint density at radius 3 is 1.70 bits per heavy atom. The Hall–Kier alpha value is -7.48. The van der Waals surface area contributed by atoms with Gasteiger partial charge in [0.05, 0.1) is 11.4 Å². The van der Waals surface area contributed by atoms with E-state index in [0.29, 0.717) is 0 Å². The minimum Gasteiger partial charge on any atom is -0.309 e. The van der Waals surface area contributed by atoms with Crippen molar-refractivity contribution in [3.63, 3.8) is 0 Å². The first kappa shape index (κ1) is 36.2. The summed E-state index contributed by atoms with van der Waals surface area (Å²) in [5, 5.41) is 5.06. The molecule has 0 radical (unpaired) electrons. The fraction of sp³-hybridized carbons (Fsp3) is 0.0968. The molecule has 0 saturated carbocycles. The van der Waals surface area contributed by atoms with Crippen molar-refractivity contribution in [3.05, 3.63) is 246 Å².